The first-order valence-corrected chi connectivity index (χ1v) is 6.51. The summed E-state index contributed by atoms with van der Waals surface area (Å²) in [6.07, 6.45) is 0. The van der Waals surface area contributed by atoms with Crippen molar-refractivity contribution in [3.05, 3.63) is 35.1 Å². The number of rotatable bonds is 2. The molecule has 1 heterocycles. The first-order chi connectivity index (χ1) is 8.32. The van der Waals surface area contributed by atoms with E-state index in [1.54, 1.807) is 0 Å². The number of hydrogen-bond donors (Lipinski definition) is 1. The summed E-state index contributed by atoms with van der Waals surface area (Å²) in [7, 11) is 1.99. The third kappa shape index (κ3) is 2.30. The molecule has 18 heavy (non-hydrogen) atoms. The van der Waals surface area contributed by atoms with E-state index in [9.17, 15) is 0 Å². The highest BCUT2D eigenvalue weighted by molar-refractivity contribution is 5.82. The summed E-state index contributed by atoms with van der Waals surface area (Å²) in [6.45, 7) is 10.9. The monoisotopic (exact) mass is 245 g/mol. The zero-order valence-electron chi connectivity index (χ0n) is 12.2. The van der Waals surface area contributed by atoms with Gasteiger partial charge in [0, 0.05) is 5.39 Å². The lowest BCUT2D eigenvalue weighted by atomic mass is 9.85. The van der Waals surface area contributed by atoms with E-state index in [1.165, 1.54) is 16.5 Å². The molecule has 2 aromatic rings. The van der Waals surface area contributed by atoms with Crippen molar-refractivity contribution in [2.75, 3.05) is 7.05 Å². The van der Waals surface area contributed by atoms with Crippen LogP contribution in [0.3, 0.4) is 0 Å². The van der Waals surface area contributed by atoms with Crippen molar-refractivity contribution >= 4 is 11.0 Å². The van der Waals surface area contributed by atoms with Crippen LogP contribution in [0, 0.1) is 19.3 Å². The molecule has 0 aliphatic carbocycles. The largest absolute Gasteiger partial charge is 0.459 e. The fourth-order valence-corrected chi connectivity index (χ4v) is 2.65. The van der Waals surface area contributed by atoms with Gasteiger partial charge >= 0.3 is 0 Å². The SMILES string of the molecule is CNC(c1cc2c(C)cc(C)cc2o1)C(C)(C)C. The summed E-state index contributed by atoms with van der Waals surface area (Å²) in [5.41, 5.74) is 3.65. The lowest BCUT2D eigenvalue weighted by Gasteiger charge is -2.28. The molecule has 1 aromatic carbocycles. The molecule has 0 amide bonds. The minimum absolute atomic E-state index is 0.131. The summed E-state index contributed by atoms with van der Waals surface area (Å²) < 4.78 is 6.05. The maximum atomic E-state index is 6.05. The second-order valence-electron chi connectivity index (χ2n) is 6.23. The smallest absolute Gasteiger partial charge is 0.134 e. The van der Waals surface area contributed by atoms with Gasteiger partial charge in [0.15, 0.2) is 0 Å². The molecule has 0 saturated carbocycles. The van der Waals surface area contributed by atoms with Gasteiger partial charge < -0.3 is 9.73 Å². The minimum atomic E-state index is 0.131. The Kier molecular flexibility index (Phi) is 3.24. The van der Waals surface area contributed by atoms with E-state index in [-0.39, 0.29) is 11.5 Å². The van der Waals surface area contributed by atoms with Crippen LogP contribution in [-0.4, -0.2) is 7.05 Å². The molecule has 1 aromatic heterocycles. The summed E-state index contributed by atoms with van der Waals surface area (Å²) in [5, 5.41) is 4.58. The van der Waals surface area contributed by atoms with Crippen LogP contribution in [0.2, 0.25) is 0 Å². The average molecular weight is 245 g/mol. The average Bonchev–Trinajstić information content (AvgIpc) is 2.59. The van der Waals surface area contributed by atoms with Gasteiger partial charge in [0.2, 0.25) is 0 Å². The van der Waals surface area contributed by atoms with Gasteiger partial charge in [-0.05, 0) is 49.6 Å². The summed E-state index contributed by atoms with van der Waals surface area (Å²) in [5.74, 6) is 1.02. The van der Waals surface area contributed by atoms with Gasteiger partial charge in [0.25, 0.3) is 0 Å². The normalized spacial score (nSPS) is 14.1. The van der Waals surface area contributed by atoms with E-state index >= 15 is 0 Å². The van der Waals surface area contributed by atoms with Crippen LogP contribution in [0.4, 0.5) is 0 Å². The lowest BCUT2D eigenvalue weighted by Crippen LogP contribution is -2.29. The molecule has 0 radical (unpaired) electrons. The maximum absolute atomic E-state index is 6.05. The van der Waals surface area contributed by atoms with Gasteiger partial charge in [-0.25, -0.2) is 0 Å². The molecular formula is C16H23NO. The summed E-state index contributed by atoms with van der Waals surface area (Å²) in [4.78, 5) is 0. The van der Waals surface area contributed by atoms with Gasteiger partial charge in [-0.15, -0.1) is 0 Å². The van der Waals surface area contributed by atoms with Crippen molar-refractivity contribution < 1.29 is 4.42 Å². The molecule has 1 unspecified atom stereocenters. The van der Waals surface area contributed by atoms with E-state index in [0.717, 1.165) is 11.3 Å². The molecular weight excluding hydrogens is 222 g/mol. The molecule has 1 N–H and O–H groups in total. The third-order valence-corrected chi connectivity index (χ3v) is 3.45. The minimum Gasteiger partial charge on any atom is -0.459 e. The van der Waals surface area contributed by atoms with Crippen molar-refractivity contribution in [2.24, 2.45) is 5.41 Å². The zero-order chi connectivity index (χ0) is 13.5. The standard InChI is InChI=1S/C16H23NO/c1-10-7-11(2)12-9-14(18-13(12)8-10)15(17-6)16(3,4)5/h7-9,15,17H,1-6H3. The highest BCUT2D eigenvalue weighted by Crippen LogP contribution is 2.36. The van der Waals surface area contributed by atoms with E-state index in [1.807, 2.05) is 7.05 Å². The first-order valence-electron chi connectivity index (χ1n) is 6.51. The van der Waals surface area contributed by atoms with E-state index in [2.05, 4.69) is 58.1 Å². The Bertz CT molecular complexity index is 560. The van der Waals surface area contributed by atoms with Gasteiger partial charge in [-0.1, -0.05) is 26.8 Å². The quantitative estimate of drug-likeness (QED) is 0.850. The van der Waals surface area contributed by atoms with Crippen molar-refractivity contribution in [3.8, 4) is 0 Å². The van der Waals surface area contributed by atoms with Crippen LogP contribution >= 0.6 is 0 Å². The van der Waals surface area contributed by atoms with Crippen LogP contribution in [0.15, 0.2) is 22.6 Å². The van der Waals surface area contributed by atoms with Gasteiger partial charge in [-0.3, -0.25) is 0 Å². The zero-order valence-corrected chi connectivity index (χ0v) is 12.2. The molecule has 0 aliphatic rings. The molecule has 2 rings (SSSR count). The fraction of sp³-hybridized carbons (Fsp3) is 0.500. The molecule has 0 bridgehead atoms. The van der Waals surface area contributed by atoms with Gasteiger partial charge in [-0.2, -0.15) is 0 Å². The Labute approximate surface area is 109 Å². The molecule has 98 valence electrons. The third-order valence-electron chi connectivity index (χ3n) is 3.45. The number of furan rings is 1. The molecule has 0 fully saturated rings. The maximum Gasteiger partial charge on any atom is 0.134 e. The van der Waals surface area contributed by atoms with E-state index in [4.69, 9.17) is 4.42 Å². The van der Waals surface area contributed by atoms with Crippen LogP contribution in [0.5, 0.6) is 0 Å². The Morgan fingerprint density at radius 2 is 1.78 bits per heavy atom. The van der Waals surface area contributed by atoms with Crippen LogP contribution in [-0.2, 0) is 0 Å². The Hall–Kier alpha value is -1.28. The van der Waals surface area contributed by atoms with Crippen molar-refractivity contribution in [1.29, 1.82) is 0 Å². The van der Waals surface area contributed by atoms with Crippen LogP contribution < -0.4 is 5.32 Å². The topological polar surface area (TPSA) is 25.2 Å². The van der Waals surface area contributed by atoms with Crippen molar-refractivity contribution in [2.45, 2.75) is 40.7 Å². The Morgan fingerprint density at radius 1 is 1.11 bits per heavy atom. The predicted molar refractivity (Wildman–Crippen MR) is 76.9 cm³/mol. The predicted octanol–water partition coefficient (Wildman–Crippen LogP) is 4.36. The number of nitrogens with one attached hydrogen (secondary N) is 1. The number of aryl methyl sites for hydroxylation is 2. The fourth-order valence-electron chi connectivity index (χ4n) is 2.65. The Morgan fingerprint density at radius 3 is 2.33 bits per heavy atom. The Balaban J connectivity index is 2.56. The highest BCUT2D eigenvalue weighted by atomic mass is 16.3. The molecule has 0 saturated heterocycles. The molecule has 0 spiro atoms. The summed E-state index contributed by atoms with van der Waals surface area (Å²) >= 11 is 0. The molecule has 2 nitrogen and oxygen atoms in total. The first kappa shape index (κ1) is 13.2. The van der Waals surface area contributed by atoms with Crippen LogP contribution in [0.1, 0.15) is 43.7 Å². The second kappa shape index (κ2) is 4.43. The molecule has 0 aliphatic heterocycles. The van der Waals surface area contributed by atoms with Crippen LogP contribution in [0.25, 0.3) is 11.0 Å². The van der Waals surface area contributed by atoms with E-state index in [0.29, 0.717) is 0 Å². The number of fused-ring (bicyclic) bond motifs is 1. The highest BCUT2D eigenvalue weighted by Gasteiger charge is 2.27. The second-order valence-corrected chi connectivity index (χ2v) is 6.23. The van der Waals surface area contributed by atoms with Gasteiger partial charge in [0.1, 0.15) is 11.3 Å². The number of hydrogen-bond acceptors (Lipinski definition) is 2. The summed E-state index contributed by atoms with van der Waals surface area (Å²) in [6, 6.07) is 6.72. The number of benzene rings is 1. The van der Waals surface area contributed by atoms with Gasteiger partial charge in [0.05, 0.1) is 6.04 Å². The molecule has 1 atom stereocenters. The molecule has 2 heteroatoms. The van der Waals surface area contributed by atoms with E-state index < -0.39 is 0 Å². The van der Waals surface area contributed by atoms with Crippen molar-refractivity contribution in [3.63, 3.8) is 0 Å². The lowest BCUT2D eigenvalue weighted by molar-refractivity contribution is 0.253. The van der Waals surface area contributed by atoms with Crippen molar-refractivity contribution in [1.82, 2.24) is 5.32 Å².